The van der Waals surface area contributed by atoms with Crippen LogP contribution in [0.1, 0.15) is 11.1 Å². The van der Waals surface area contributed by atoms with Gasteiger partial charge in [-0.1, -0.05) is 47.5 Å². The maximum atomic E-state index is 13.2. The lowest BCUT2D eigenvalue weighted by Crippen LogP contribution is -2.27. The van der Waals surface area contributed by atoms with Crippen LogP contribution in [0.25, 0.3) is 17.0 Å². The molecule has 1 N–H and O–H groups in total. The summed E-state index contributed by atoms with van der Waals surface area (Å²) < 4.78 is 12.5. The first-order valence-electron chi connectivity index (χ1n) is 11.8. The molecule has 0 bridgehead atoms. The van der Waals surface area contributed by atoms with Crippen LogP contribution in [0, 0.1) is 0 Å². The molecular weight excluding hydrogens is 561 g/mol. The molecule has 6 rings (SSSR count). The SMILES string of the molecule is O=C(Cn1cc(/C=C2\SC(=O)N(Cc3c(Cl)cccc3Cl)C2=O)c2ccccc21)Nc1ccc2c(c1)OCO2. The van der Waals surface area contributed by atoms with Gasteiger partial charge in [0, 0.05) is 50.0 Å². The number of hydrogen-bond donors (Lipinski definition) is 1. The molecule has 4 aromatic rings. The number of thioether (sulfide) groups is 1. The van der Waals surface area contributed by atoms with E-state index in [0.717, 1.165) is 27.6 Å². The summed E-state index contributed by atoms with van der Waals surface area (Å²) in [7, 11) is 0. The second-order valence-electron chi connectivity index (χ2n) is 8.81. The lowest BCUT2D eigenvalue weighted by Gasteiger charge is -2.14. The number of rotatable bonds is 6. The fraction of sp³-hybridized carbons (Fsp3) is 0.107. The number of hydrogen-bond acceptors (Lipinski definition) is 6. The molecule has 8 nitrogen and oxygen atoms in total. The molecule has 2 aliphatic rings. The third-order valence-corrected chi connectivity index (χ3v) is 7.94. The van der Waals surface area contributed by atoms with E-state index in [2.05, 4.69) is 5.32 Å². The summed E-state index contributed by atoms with van der Waals surface area (Å²) in [6.07, 6.45) is 3.47. The average molecular weight is 580 g/mol. The van der Waals surface area contributed by atoms with Gasteiger partial charge in [0.25, 0.3) is 11.1 Å². The van der Waals surface area contributed by atoms with E-state index in [-0.39, 0.29) is 30.7 Å². The number of ether oxygens (including phenoxy) is 2. The van der Waals surface area contributed by atoms with Crippen molar-refractivity contribution < 1.29 is 23.9 Å². The third-order valence-electron chi connectivity index (χ3n) is 6.33. The summed E-state index contributed by atoms with van der Waals surface area (Å²) in [5.41, 5.74) is 2.62. The Bertz CT molecular complexity index is 1680. The Labute approximate surface area is 237 Å². The lowest BCUT2D eigenvalue weighted by atomic mass is 10.1. The smallest absolute Gasteiger partial charge is 0.293 e. The minimum absolute atomic E-state index is 0.0255. The molecule has 2 aliphatic heterocycles. The molecule has 0 aliphatic carbocycles. The lowest BCUT2D eigenvalue weighted by molar-refractivity contribution is -0.123. The third kappa shape index (κ3) is 4.96. The number of benzene rings is 3. The highest BCUT2D eigenvalue weighted by Gasteiger charge is 2.36. The van der Waals surface area contributed by atoms with Crippen LogP contribution in [0.15, 0.2) is 71.8 Å². The van der Waals surface area contributed by atoms with Gasteiger partial charge in [-0.05, 0) is 48.2 Å². The van der Waals surface area contributed by atoms with Crippen molar-refractivity contribution in [3.05, 3.63) is 92.9 Å². The second-order valence-corrected chi connectivity index (χ2v) is 10.6. The number of anilines is 1. The van der Waals surface area contributed by atoms with E-state index >= 15 is 0 Å². The van der Waals surface area contributed by atoms with Gasteiger partial charge in [-0.3, -0.25) is 19.3 Å². The maximum Gasteiger partial charge on any atom is 0.293 e. The maximum absolute atomic E-state index is 13.2. The molecule has 1 aromatic heterocycles. The number of nitrogens with one attached hydrogen (secondary N) is 1. The van der Waals surface area contributed by atoms with E-state index < -0.39 is 11.1 Å². The van der Waals surface area contributed by atoms with Crippen molar-refractivity contribution in [2.75, 3.05) is 12.1 Å². The molecular formula is C28H19Cl2N3O5S. The molecule has 0 spiro atoms. The predicted molar refractivity (Wildman–Crippen MR) is 151 cm³/mol. The van der Waals surface area contributed by atoms with Crippen LogP contribution in [0.2, 0.25) is 10.0 Å². The van der Waals surface area contributed by atoms with Crippen molar-refractivity contribution >= 4 is 74.7 Å². The molecule has 0 atom stereocenters. The van der Waals surface area contributed by atoms with Crippen LogP contribution >= 0.6 is 35.0 Å². The van der Waals surface area contributed by atoms with Crippen LogP contribution in [0.4, 0.5) is 10.5 Å². The Hall–Kier alpha value is -3.92. The van der Waals surface area contributed by atoms with Crippen LogP contribution in [0.5, 0.6) is 11.5 Å². The quantitative estimate of drug-likeness (QED) is 0.260. The molecule has 1 saturated heterocycles. The number of imide groups is 1. The van der Waals surface area contributed by atoms with Crippen molar-refractivity contribution in [3.63, 3.8) is 0 Å². The standard InChI is InChI=1S/C28H19Cl2N3O5S/c29-20-5-3-6-21(30)19(20)13-33-27(35)25(39-28(33)36)10-16-12-32(22-7-2-1-4-18(16)22)14-26(34)31-17-8-9-23-24(11-17)38-15-37-23/h1-12H,13-15H2,(H,31,34)/b25-10-. The zero-order valence-corrected chi connectivity index (χ0v) is 22.5. The summed E-state index contributed by atoms with van der Waals surface area (Å²) in [6, 6.07) is 17.8. The van der Waals surface area contributed by atoms with E-state index in [4.69, 9.17) is 32.7 Å². The molecule has 3 aromatic carbocycles. The second kappa shape index (κ2) is 10.3. The van der Waals surface area contributed by atoms with E-state index in [1.165, 1.54) is 0 Å². The molecule has 1 fully saturated rings. The Morgan fingerprint density at radius 3 is 2.59 bits per heavy atom. The Kier molecular flexibility index (Phi) is 6.72. The molecule has 196 valence electrons. The number of halogens is 2. The summed E-state index contributed by atoms with van der Waals surface area (Å²) in [4.78, 5) is 40.2. The van der Waals surface area contributed by atoms with E-state index in [1.807, 2.05) is 24.3 Å². The first-order valence-corrected chi connectivity index (χ1v) is 13.4. The van der Waals surface area contributed by atoms with E-state index in [9.17, 15) is 14.4 Å². The monoisotopic (exact) mass is 579 g/mol. The minimum atomic E-state index is -0.432. The van der Waals surface area contributed by atoms with Crippen LogP contribution in [0.3, 0.4) is 0 Å². The minimum Gasteiger partial charge on any atom is -0.454 e. The summed E-state index contributed by atoms with van der Waals surface area (Å²) in [5.74, 6) is 0.539. The van der Waals surface area contributed by atoms with Crippen molar-refractivity contribution in [2.45, 2.75) is 13.1 Å². The van der Waals surface area contributed by atoms with E-state index in [1.54, 1.807) is 53.2 Å². The fourth-order valence-electron chi connectivity index (χ4n) is 4.47. The molecule has 0 radical (unpaired) electrons. The van der Waals surface area contributed by atoms with Gasteiger partial charge in [-0.2, -0.15) is 0 Å². The number of carbonyl (C=O) groups excluding carboxylic acids is 3. The number of amides is 3. The normalized spacial score (nSPS) is 15.5. The predicted octanol–water partition coefficient (Wildman–Crippen LogP) is 6.55. The Morgan fingerprint density at radius 1 is 1.00 bits per heavy atom. The summed E-state index contributed by atoms with van der Waals surface area (Å²) in [5, 5.41) is 4.07. The number of fused-ring (bicyclic) bond motifs is 2. The van der Waals surface area contributed by atoms with Gasteiger partial charge in [0.1, 0.15) is 6.54 Å². The van der Waals surface area contributed by atoms with Gasteiger partial charge in [0.05, 0.1) is 11.4 Å². The number of para-hydroxylation sites is 1. The largest absolute Gasteiger partial charge is 0.454 e. The van der Waals surface area contributed by atoms with Gasteiger partial charge < -0.3 is 19.4 Å². The van der Waals surface area contributed by atoms with Gasteiger partial charge in [0.2, 0.25) is 12.7 Å². The van der Waals surface area contributed by atoms with Crippen LogP contribution < -0.4 is 14.8 Å². The molecule has 0 unspecified atom stereocenters. The van der Waals surface area contributed by atoms with Crippen molar-refractivity contribution in [2.24, 2.45) is 0 Å². The van der Waals surface area contributed by atoms with Gasteiger partial charge in [-0.25, -0.2) is 0 Å². The van der Waals surface area contributed by atoms with Gasteiger partial charge >= 0.3 is 0 Å². The zero-order valence-electron chi connectivity index (χ0n) is 20.1. The van der Waals surface area contributed by atoms with Gasteiger partial charge in [-0.15, -0.1) is 0 Å². The highest BCUT2D eigenvalue weighted by molar-refractivity contribution is 8.18. The van der Waals surface area contributed by atoms with Crippen LogP contribution in [-0.4, -0.2) is 33.3 Å². The van der Waals surface area contributed by atoms with Crippen LogP contribution in [-0.2, 0) is 22.7 Å². The number of aromatic nitrogens is 1. The fourth-order valence-corrected chi connectivity index (χ4v) is 5.82. The average Bonchev–Trinajstić information content (AvgIpc) is 3.59. The van der Waals surface area contributed by atoms with E-state index in [0.29, 0.717) is 38.4 Å². The molecule has 0 saturated carbocycles. The first-order chi connectivity index (χ1) is 18.9. The Morgan fingerprint density at radius 2 is 1.77 bits per heavy atom. The summed E-state index contributed by atoms with van der Waals surface area (Å²) >= 11 is 13.4. The topological polar surface area (TPSA) is 89.9 Å². The molecule has 39 heavy (non-hydrogen) atoms. The first kappa shape index (κ1) is 25.4. The molecule has 11 heteroatoms. The molecule has 3 heterocycles. The number of carbonyl (C=O) groups is 3. The Balaban J connectivity index is 1.24. The number of nitrogens with zero attached hydrogens (tertiary/aromatic N) is 2. The molecule has 3 amide bonds. The highest BCUT2D eigenvalue weighted by Crippen LogP contribution is 2.37. The van der Waals surface area contributed by atoms with Crippen molar-refractivity contribution in [1.82, 2.24) is 9.47 Å². The van der Waals surface area contributed by atoms with Gasteiger partial charge in [0.15, 0.2) is 11.5 Å². The zero-order chi connectivity index (χ0) is 27.1. The summed E-state index contributed by atoms with van der Waals surface area (Å²) in [6.45, 7) is 0.163. The van der Waals surface area contributed by atoms with Crippen molar-refractivity contribution in [1.29, 1.82) is 0 Å². The highest BCUT2D eigenvalue weighted by atomic mass is 35.5. The van der Waals surface area contributed by atoms with Crippen molar-refractivity contribution in [3.8, 4) is 11.5 Å².